The molecule has 0 bridgehead atoms. The molecule has 3 aromatic carbocycles. The second-order valence-electron chi connectivity index (χ2n) is 16.6. The van der Waals surface area contributed by atoms with Gasteiger partial charge < -0.3 is 28.7 Å². The highest BCUT2D eigenvalue weighted by atomic mass is 79.9. The number of likely N-dealkylation sites (tertiary alicyclic amines) is 2. The van der Waals surface area contributed by atoms with E-state index in [2.05, 4.69) is 36.8 Å². The Balaban J connectivity index is 0.000000189. The first-order valence-electron chi connectivity index (χ1n) is 20.1. The maximum absolute atomic E-state index is 13.3. The van der Waals surface area contributed by atoms with Crippen LogP contribution in [0.1, 0.15) is 67.9 Å². The molecule has 4 saturated heterocycles. The number of carbonyl (C=O) groups excluding carboxylic acids is 4. The Labute approximate surface area is 367 Å². The SMILES string of the molecule is CC(C)(C)OC(=O)N1CCC2(CC1)CN(Cc1cccc(Br)c1)C(=O)O2.O=C1OC2(CCN(C(=O)c3cccnc3Oc3ccccc3)CC2)CN1Cc1cccc(Br)c1. The van der Waals surface area contributed by atoms with E-state index in [1.165, 1.54) is 0 Å². The molecule has 0 aliphatic carbocycles. The van der Waals surface area contributed by atoms with E-state index >= 15 is 0 Å². The van der Waals surface area contributed by atoms with E-state index in [-0.39, 0.29) is 30.1 Å². The number of amides is 4. The van der Waals surface area contributed by atoms with E-state index in [0.29, 0.717) is 89.4 Å². The van der Waals surface area contributed by atoms with Gasteiger partial charge in [0, 0.05) is 80.1 Å². The van der Waals surface area contributed by atoms with E-state index in [1.807, 2.05) is 99.6 Å². The molecule has 2 spiro atoms. The van der Waals surface area contributed by atoms with Crippen molar-refractivity contribution < 1.29 is 38.1 Å². The van der Waals surface area contributed by atoms with E-state index in [0.717, 1.165) is 20.1 Å². The first kappa shape index (κ1) is 43.0. The summed E-state index contributed by atoms with van der Waals surface area (Å²) in [5, 5.41) is 0. The standard InChI is InChI=1S/C26H24BrN3O4.C19H25BrN2O4/c27-20-7-4-6-19(16-20)17-30-18-26(34-25(30)32)11-14-29(15-12-26)24(31)22-10-5-13-28-23(22)33-21-8-2-1-3-9-21;1-18(2,3)25-16(23)21-9-7-19(8-10-21)13-22(17(24)26-19)12-14-5-4-6-15(20)11-14/h1-10,13,16H,11-12,14-15,17-18H2;4-6,11H,7-10,12-13H2,1-3H3. The number of benzene rings is 3. The highest BCUT2D eigenvalue weighted by molar-refractivity contribution is 9.10. The van der Waals surface area contributed by atoms with Gasteiger partial charge in [-0.3, -0.25) is 14.6 Å². The summed E-state index contributed by atoms with van der Waals surface area (Å²) in [5.74, 6) is 0.770. The van der Waals surface area contributed by atoms with E-state index in [4.69, 9.17) is 18.9 Å². The molecule has 4 aliphatic rings. The second kappa shape index (κ2) is 18.2. The Hall–Kier alpha value is -5.15. The van der Waals surface area contributed by atoms with Crippen LogP contribution in [-0.2, 0) is 27.3 Å². The lowest BCUT2D eigenvalue weighted by Gasteiger charge is -2.37. The molecule has 316 valence electrons. The smallest absolute Gasteiger partial charge is 0.410 e. The van der Waals surface area contributed by atoms with E-state index in [1.54, 1.807) is 37.9 Å². The first-order chi connectivity index (χ1) is 28.7. The molecular formula is C45H49Br2N5O8. The fourth-order valence-electron chi connectivity index (χ4n) is 7.81. The van der Waals surface area contributed by atoms with Gasteiger partial charge in [0.15, 0.2) is 0 Å². The van der Waals surface area contributed by atoms with Crippen molar-refractivity contribution in [3.8, 4) is 11.6 Å². The van der Waals surface area contributed by atoms with Crippen molar-refractivity contribution in [3.63, 3.8) is 0 Å². The third-order valence-corrected chi connectivity index (χ3v) is 11.8. The highest BCUT2D eigenvalue weighted by Gasteiger charge is 2.49. The van der Waals surface area contributed by atoms with Crippen LogP contribution in [0.2, 0.25) is 0 Å². The summed E-state index contributed by atoms with van der Waals surface area (Å²) in [6.07, 6.45) is 3.17. The number of pyridine rings is 1. The Morgan fingerprint density at radius 1 is 0.700 bits per heavy atom. The largest absolute Gasteiger partial charge is 0.444 e. The quantitative estimate of drug-likeness (QED) is 0.166. The number of para-hydroxylation sites is 1. The summed E-state index contributed by atoms with van der Waals surface area (Å²) in [6, 6.07) is 28.6. The molecule has 0 radical (unpaired) electrons. The average Bonchev–Trinajstić information content (AvgIpc) is 3.67. The van der Waals surface area contributed by atoms with Gasteiger partial charge in [-0.15, -0.1) is 0 Å². The van der Waals surface area contributed by atoms with Crippen LogP contribution in [0.4, 0.5) is 14.4 Å². The van der Waals surface area contributed by atoms with Crippen LogP contribution in [0.5, 0.6) is 11.6 Å². The third-order valence-electron chi connectivity index (χ3n) is 10.9. The summed E-state index contributed by atoms with van der Waals surface area (Å²) in [7, 11) is 0. The van der Waals surface area contributed by atoms with Crippen LogP contribution >= 0.6 is 31.9 Å². The number of ether oxygens (including phenoxy) is 4. The molecule has 0 atom stereocenters. The lowest BCUT2D eigenvalue weighted by Crippen LogP contribution is -2.49. The predicted octanol–water partition coefficient (Wildman–Crippen LogP) is 9.43. The molecule has 5 heterocycles. The summed E-state index contributed by atoms with van der Waals surface area (Å²) >= 11 is 6.93. The fraction of sp³-hybridized carbons (Fsp3) is 0.400. The number of hydrogen-bond donors (Lipinski definition) is 0. The minimum Gasteiger partial charge on any atom is -0.444 e. The second-order valence-corrected chi connectivity index (χ2v) is 18.4. The summed E-state index contributed by atoms with van der Waals surface area (Å²) in [6.45, 7) is 9.73. The van der Waals surface area contributed by atoms with Crippen molar-refractivity contribution in [2.24, 2.45) is 0 Å². The van der Waals surface area contributed by atoms with Gasteiger partial charge in [-0.2, -0.15) is 0 Å². The van der Waals surface area contributed by atoms with Crippen molar-refractivity contribution in [2.45, 2.75) is 76.3 Å². The van der Waals surface area contributed by atoms with Gasteiger partial charge in [0.25, 0.3) is 5.91 Å². The topological polar surface area (TPSA) is 131 Å². The van der Waals surface area contributed by atoms with Gasteiger partial charge in [0.1, 0.15) is 28.1 Å². The number of piperidine rings is 2. The molecule has 4 aliphatic heterocycles. The van der Waals surface area contributed by atoms with Crippen molar-refractivity contribution in [1.82, 2.24) is 24.6 Å². The number of halogens is 2. The molecule has 1 aromatic heterocycles. The number of rotatable bonds is 7. The molecule has 8 rings (SSSR count). The van der Waals surface area contributed by atoms with Crippen LogP contribution in [0, 0.1) is 0 Å². The minimum absolute atomic E-state index is 0.135. The molecule has 0 saturated carbocycles. The van der Waals surface area contributed by atoms with Crippen LogP contribution in [-0.4, -0.2) is 105 Å². The highest BCUT2D eigenvalue weighted by Crippen LogP contribution is 2.37. The number of aromatic nitrogens is 1. The van der Waals surface area contributed by atoms with Crippen molar-refractivity contribution >= 4 is 56.0 Å². The van der Waals surface area contributed by atoms with Gasteiger partial charge in [-0.1, -0.05) is 74.3 Å². The molecular weight excluding hydrogens is 898 g/mol. The zero-order valence-corrected chi connectivity index (χ0v) is 37.2. The number of nitrogens with zero attached hydrogens (tertiary/aromatic N) is 5. The van der Waals surface area contributed by atoms with Crippen molar-refractivity contribution in [3.05, 3.63) is 123 Å². The molecule has 4 aromatic rings. The lowest BCUT2D eigenvalue weighted by molar-refractivity contribution is -0.0171. The average molecular weight is 948 g/mol. The molecule has 0 N–H and O–H groups in total. The Morgan fingerprint density at radius 2 is 1.22 bits per heavy atom. The van der Waals surface area contributed by atoms with E-state index < -0.39 is 16.8 Å². The molecule has 4 amide bonds. The van der Waals surface area contributed by atoms with Crippen LogP contribution in [0.15, 0.2) is 106 Å². The van der Waals surface area contributed by atoms with Gasteiger partial charge in [-0.05, 0) is 80.4 Å². The lowest BCUT2D eigenvalue weighted by atomic mass is 9.91. The maximum atomic E-state index is 13.3. The van der Waals surface area contributed by atoms with Crippen molar-refractivity contribution in [2.75, 3.05) is 39.3 Å². The van der Waals surface area contributed by atoms with E-state index in [9.17, 15) is 19.2 Å². The van der Waals surface area contributed by atoms with Crippen LogP contribution < -0.4 is 4.74 Å². The van der Waals surface area contributed by atoms with Crippen LogP contribution in [0.25, 0.3) is 0 Å². The molecule has 60 heavy (non-hydrogen) atoms. The predicted molar refractivity (Wildman–Crippen MR) is 230 cm³/mol. The zero-order valence-electron chi connectivity index (χ0n) is 34.0. The summed E-state index contributed by atoms with van der Waals surface area (Å²) in [4.78, 5) is 61.6. The van der Waals surface area contributed by atoms with Gasteiger partial charge in [0.2, 0.25) is 5.88 Å². The zero-order chi connectivity index (χ0) is 42.5. The molecule has 4 fully saturated rings. The first-order valence-corrected chi connectivity index (χ1v) is 21.7. The molecule has 15 heteroatoms. The van der Waals surface area contributed by atoms with Gasteiger partial charge in [-0.25, -0.2) is 19.4 Å². The number of carbonyl (C=O) groups is 4. The minimum atomic E-state index is -0.557. The monoisotopic (exact) mass is 945 g/mol. The maximum Gasteiger partial charge on any atom is 0.410 e. The van der Waals surface area contributed by atoms with Gasteiger partial charge >= 0.3 is 18.3 Å². The number of hydrogen-bond acceptors (Lipinski definition) is 9. The summed E-state index contributed by atoms with van der Waals surface area (Å²) < 4.78 is 24.8. The fourth-order valence-corrected chi connectivity index (χ4v) is 8.70. The molecule has 13 nitrogen and oxygen atoms in total. The Morgan fingerprint density at radius 3 is 1.72 bits per heavy atom. The van der Waals surface area contributed by atoms with Gasteiger partial charge in [0.05, 0.1) is 13.1 Å². The Kier molecular flexibility index (Phi) is 13.0. The molecule has 0 unspecified atom stereocenters. The normalized spacial score (nSPS) is 18.1. The van der Waals surface area contributed by atoms with Crippen molar-refractivity contribution in [1.29, 1.82) is 0 Å². The Bertz CT molecular complexity index is 2190. The third kappa shape index (κ3) is 10.8. The summed E-state index contributed by atoms with van der Waals surface area (Å²) in [5.41, 5.74) is 0.951. The van der Waals surface area contributed by atoms with Crippen LogP contribution in [0.3, 0.4) is 0 Å².